The van der Waals surface area contributed by atoms with Crippen LogP contribution in [0.2, 0.25) is 0 Å². The topological polar surface area (TPSA) is 50.8 Å². The van der Waals surface area contributed by atoms with Gasteiger partial charge in [0.2, 0.25) is 0 Å². The second-order valence-electron chi connectivity index (χ2n) is 8.95. The van der Waals surface area contributed by atoms with Gasteiger partial charge in [0.15, 0.2) is 0 Å². The van der Waals surface area contributed by atoms with Crippen LogP contribution >= 0.6 is 11.3 Å². The van der Waals surface area contributed by atoms with Gasteiger partial charge in [0.25, 0.3) is 5.91 Å². The lowest BCUT2D eigenvalue weighted by Crippen LogP contribution is -2.50. The Morgan fingerprint density at radius 3 is 2.58 bits per heavy atom. The van der Waals surface area contributed by atoms with Crippen LogP contribution in [0, 0.1) is 0 Å². The number of piperidine rings is 1. The molecule has 2 aliphatic rings. The third-order valence-corrected chi connectivity index (χ3v) is 8.02. The number of rotatable bonds is 6. The van der Waals surface area contributed by atoms with Crippen molar-refractivity contribution in [2.75, 3.05) is 27.3 Å². The third kappa shape index (κ3) is 3.97. The Bertz CT molecular complexity index is 1110. The normalized spacial score (nSPS) is 21.6. The van der Waals surface area contributed by atoms with Gasteiger partial charge in [0.1, 0.15) is 5.75 Å². The molecule has 1 N–H and O–H groups in total. The van der Waals surface area contributed by atoms with Gasteiger partial charge < -0.3 is 14.8 Å². The van der Waals surface area contributed by atoms with E-state index in [9.17, 15) is 4.79 Å². The molecule has 5 rings (SSSR count). The number of methoxy groups -OCH3 is 2. The van der Waals surface area contributed by atoms with Gasteiger partial charge in [-0.1, -0.05) is 42.5 Å². The molecule has 0 radical (unpaired) electrons. The Hall–Kier alpha value is -2.67. The first-order valence-corrected chi connectivity index (χ1v) is 12.4. The Morgan fingerprint density at radius 1 is 1.09 bits per heavy atom. The first-order valence-electron chi connectivity index (χ1n) is 11.5. The summed E-state index contributed by atoms with van der Waals surface area (Å²) in [4.78, 5) is 15.4. The molecule has 172 valence electrons. The van der Waals surface area contributed by atoms with E-state index in [2.05, 4.69) is 46.6 Å². The average molecular weight is 463 g/mol. The van der Waals surface area contributed by atoms with Crippen molar-refractivity contribution in [2.45, 2.75) is 36.9 Å². The number of fused-ring (bicyclic) bond motifs is 2. The summed E-state index contributed by atoms with van der Waals surface area (Å²) >= 11 is 1.54. The largest absolute Gasteiger partial charge is 0.496 e. The summed E-state index contributed by atoms with van der Waals surface area (Å²) in [6.07, 6.45) is 1.89. The van der Waals surface area contributed by atoms with E-state index in [1.165, 1.54) is 28.0 Å². The number of carbonyl (C=O) groups excluding carboxylic acids is 1. The zero-order chi connectivity index (χ0) is 22.8. The van der Waals surface area contributed by atoms with E-state index >= 15 is 0 Å². The van der Waals surface area contributed by atoms with Crippen molar-refractivity contribution in [2.24, 2.45) is 0 Å². The number of benzene rings is 2. The Labute approximate surface area is 199 Å². The summed E-state index contributed by atoms with van der Waals surface area (Å²) in [5.41, 5.74) is 4.33. The number of carbonyl (C=O) groups is 1. The van der Waals surface area contributed by atoms with Crippen molar-refractivity contribution in [3.63, 3.8) is 0 Å². The SMILES string of the molecule is COc1ccccc1CN1CCC2(CC1)c1ccccc1[C@@H](NC(=O)c1ccsc1)[C@@H]2OC. The molecular weight excluding hydrogens is 432 g/mol. The molecule has 2 heterocycles. The summed E-state index contributed by atoms with van der Waals surface area (Å²) < 4.78 is 11.7. The predicted octanol–water partition coefficient (Wildman–Crippen LogP) is 4.79. The molecule has 1 spiro atoms. The molecule has 1 fully saturated rings. The van der Waals surface area contributed by atoms with Crippen molar-refractivity contribution < 1.29 is 14.3 Å². The minimum Gasteiger partial charge on any atom is -0.496 e. The van der Waals surface area contributed by atoms with Gasteiger partial charge >= 0.3 is 0 Å². The summed E-state index contributed by atoms with van der Waals surface area (Å²) in [5, 5.41) is 7.12. The number of amides is 1. The number of nitrogens with zero attached hydrogens (tertiary/aromatic N) is 1. The van der Waals surface area contributed by atoms with E-state index in [4.69, 9.17) is 9.47 Å². The lowest BCUT2D eigenvalue weighted by Gasteiger charge is -2.44. The summed E-state index contributed by atoms with van der Waals surface area (Å²) in [7, 11) is 3.51. The van der Waals surface area contributed by atoms with Gasteiger partial charge in [0, 0.05) is 30.0 Å². The summed E-state index contributed by atoms with van der Waals surface area (Å²) in [6, 6.07) is 18.5. The van der Waals surface area contributed by atoms with E-state index in [1.807, 2.05) is 29.0 Å². The molecule has 2 aromatic carbocycles. The number of hydrogen-bond donors (Lipinski definition) is 1. The van der Waals surface area contributed by atoms with E-state index < -0.39 is 0 Å². The molecule has 3 aromatic rings. The van der Waals surface area contributed by atoms with Crippen LogP contribution in [0.1, 0.15) is 45.9 Å². The molecule has 1 aliphatic heterocycles. The fourth-order valence-corrected chi connectivity index (χ4v) is 6.36. The minimum absolute atomic E-state index is 0.0382. The van der Waals surface area contributed by atoms with E-state index in [1.54, 1.807) is 14.2 Å². The lowest BCUT2D eigenvalue weighted by molar-refractivity contribution is -0.0122. The van der Waals surface area contributed by atoms with Crippen molar-refractivity contribution in [1.29, 1.82) is 0 Å². The molecule has 1 aliphatic carbocycles. The smallest absolute Gasteiger partial charge is 0.252 e. The fourth-order valence-electron chi connectivity index (χ4n) is 5.73. The minimum atomic E-state index is -0.153. The van der Waals surface area contributed by atoms with Crippen molar-refractivity contribution in [1.82, 2.24) is 10.2 Å². The maximum atomic E-state index is 12.9. The van der Waals surface area contributed by atoms with E-state index in [0.29, 0.717) is 5.56 Å². The Kier molecular flexibility index (Phi) is 6.23. The first kappa shape index (κ1) is 22.1. The number of ether oxygens (including phenoxy) is 2. The number of thiophene rings is 1. The maximum Gasteiger partial charge on any atom is 0.252 e. The molecule has 2 atom stereocenters. The summed E-state index contributed by atoms with van der Waals surface area (Å²) in [6.45, 7) is 2.81. The molecule has 0 unspecified atom stereocenters. The molecule has 0 bridgehead atoms. The Balaban J connectivity index is 1.38. The highest BCUT2D eigenvalue weighted by Crippen LogP contribution is 2.52. The molecule has 0 saturated carbocycles. The second kappa shape index (κ2) is 9.29. The molecule has 1 saturated heterocycles. The molecular formula is C27H30N2O3S. The van der Waals surface area contributed by atoms with Gasteiger partial charge in [0.05, 0.1) is 24.8 Å². The second-order valence-corrected chi connectivity index (χ2v) is 9.73. The van der Waals surface area contributed by atoms with Crippen LogP contribution in [0.3, 0.4) is 0 Å². The average Bonchev–Trinajstić information content (AvgIpc) is 3.48. The molecule has 6 heteroatoms. The van der Waals surface area contributed by atoms with Gasteiger partial charge in [-0.3, -0.25) is 9.69 Å². The van der Waals surface area contributed by atoms with Crippen LogP contribution in [0.5, 0.6) is 5.75 Å². The third-order valence-electron chi connectivity index (χ3n) is 7.34. The summed E-state index contributed by atoms with van der Waals surface area (Å²) in [5.74, 6) is 0.902. The van der Waals surface area contributed by atoms with Crippen molar-refractivity contribution in [3.8, 4) is 5.75 Å². The van der Waals surface area contributed by atoms with Crippen molar-refractivity contribution in [3.05, 3.63) is 87.6 Å². The van der Waals surface area contributed by atoms with Gasteiger partial charge in [-0.2, -0.15) is 11.3 Å². The van der Waals surface area contributed by atoms with Gasteiger partial charge in [-0.25, -0.2) is 0 Å². The van der Waals surface area contributed by atoms with Crippen LogP contribution in [0.25, 0.3) is 0 Å². The number of hydrogen-bond acceptors (Lipinski definition) is 5. The highest BCUT2D eigenvalue weighted by atomic mass is 32.1. The number of para-hydroxylation sites is 1. The number of nitrogens with one attached hydrogen (secondary N) is 1. The fraction of sp³-hybridized carbons (Fsp3) is 0.370. The van der Waals surface area contributed by atoms with Crippen molar-refractivity contribution >= 4 is 17.2 Å². The molecule has 5 nitrogen and oxygen atoms in total. The lowest BCUT2D eigenvalue weighted by atomic mass is 9.71. The molecule has 1 amide bonds. The van der Waals surface area contributed by atoms with Crippen LogP contribution in [0.4, 0.5) is 0 Å². The molecule has 33 heavy (non-hydrogen) atoms. The highest BCUT2D eigenvalue weighted by Gasteiger charge is 2.54. The zero-order valence-electron chi connectivity index (χ0n) is 19.1. The van der Waals surface area contributed by atoms with Gasteiger partial charge in [-0.05, 0) is 54.6 Å². The first-order chi connectivity index (χ1) is 16.2. The predicted molar refractivity (Wildman–Crippen MR) is 131 cm³/mol. The van der Waals surface area contributed by atoms with Crippen LogP contribution < -0.4 is 10.1 Å². The van der Waals surface area contributed by atoms with Crippen LogP contribution in [-0.2, 0) is 16.7 Å². The zero-order valence-corrected chi connectivity index (χ0v) is 19.9. The Morgan fingerprint density at radius 2 is 1.85 bits per heavy atom. The van der Waals surface area contributed by atoms with Gasteiger partial charge in [-0.15, -0.1) is 0 Å². The molecule has 1 aromatic heterocycles. The van der Waals surface area contributed by atoms with E-state index in [0.717, 1.165) is 38.2 Å². The van der Waals surface area contributed by atoms with E-state index in [-0.39, 0.29) is 23.5 Å². The van der Waals surface area contributed by atoms with Crippen LogP contribution in [-0.4, -0.2) is 44.2 Å². The van der Waals surface area contributed by atoms with Crippen LogP contribution in [0.15, 0.2) is 65.4 Å². The maximum absolute atomic E-state index is 12.9. The quantitative estimate of drug-likeness (QED) is 0.572. The standard InChI is InChI=1S/C27H30N2O3S/c1-31-23-10-6-3-7-19(23)17-29-14-12-27(13-15-29)22-9-5-4-8-21(22)24(25(27)32-2)28-26(30)20-11-16-33-18-20/h3-11,16,18,24-25H,12-15,17H2,1-2H3,(H,28,30)/t24-,25+/m1/s1. The number of likely N-dealkylation sites (tertiary alicyclic amines) is 1. The monoisotopic (exact) mass is 462 g/mol. The highest BCUT2D eigenvalue weighted by molar-refractivity contribution is 7.08.